The van der Waals surface area contributed by atoms with E-state index in [1.807, 2.05) is 0 Å². The Bertz CT molecular complexity index is 1260. The predicted octanol–water partition coefficient (Wildman–Crippen LogP) is 1.64. The van der Waals surface area contributed by atoms with Crippen molar-refractivity contribution in [2.75, 3.05) is 18.1 Å². The third-order valence-corrected chi connectivity index (χ3v) is 7.25. The van der Waals surface area contributed by atoms with E-state index >= 15 is 0 Å². The topological polar surface area (TPSA) is 128 Å². The minimum absolute atomic E-state index is 0.0783. The lowest BCUT2D eigenvalue weighted by Gasteiger charge is -2.36. The lowest BCUT2D eigenvalue weighted by atomic mass is 9.77. The fraction of sp³-hybridized carbons (Fsp3) is 0.227. The molecular weight excluding hydrogens is 436 g/mol. The average molecular weight is 452 g/mol. The van der Waals surface area contributed by atoms with Gasteiger partial charge in [0.15, 0.2) is 11.5 Å². The second kappa shape index (κ2) is 6.67. The molecule has 4 aliphatic rings. The molecule has 32 heavy (non-hydrogen) atoms. The molecule has 0 unspecified atom stereocenters. The van der Waals surface area contributed by atoms with E-state index in [2.05, 4.69) is 0 Å². The molecule has 0 spiro atoms. The van der Waals surface area contributed by atoms with Crippen LogP contribution in [0.15, 0.2) is 47.0 Å². The maximum atomic E-state index is 13.6. The van der Waals surface area contributed by atoms with Crippen molar-refractivity contribution in [1.82, 2.24) is 0 Å². The second-order valence-corrected chi connectivity index (χ2v) is 8.95. The van der Waals surface area contributed by atoms with E-state index in [1.54, 1.807) is 24.3 Å². The highest BCUT2D eigenvalue weighted by Crippen LogP contribution is 2.55. The summed E-state index contributed by atoms with van der Waals surface area (Å²) in [7, 11) is 0. The van der Waals surface area contributed by atoms with Crippen LogP contribution in [0.4, 0.5) is 5.69 Å². The van der Waals surface area contributed by atoms with Crippen LogP contribution in [0.5, 0.6) is 23.0 Å². The molecular formula is C22H16N2O7S. The smallest absolute Gasteiger partial charge is 0.342 e. The summed E-state index contributed by atoms with van der Waals surface area (Å²) < 4.78 is 16.5. The number of rotatable bonds is 1. The Balaban J connectivity index is 1.46. The van der Waals surface area contributed by atoms with E-state index in [4.69, 9.17) is 19.9 Å². The molecule has 2 amide bonds. The second-order valence-electron chi connectivity index (χ2n) is 7.77. The number of nitrogens with zero attached hydrogens (tertiary/aromatic N) is 1. The molecule has 0 saturated carbocycles. The van der Waals surface area contributed by atoms with Crippen LogP contribution in [0.2, 0.25) is 0 Å². The maximum absolute atomic E-state index is 13.6. The number of fused-ring (bicyclic) bond motifs is 6. The van der Waals surface area contributed by atoms with Gasteiger partial charge < -0.3 is 25.1 Å². The Kier molecular flexibility index (Phi) is 3.97. The van der Waals surface area contributed by atoms with Crippen LogP contribution in [0, 0.1) is 5.92 Å². The first-order valence-electron chi connectivity index (χ1n) is 9.93. The first kappa shape index (κ1) is 19.1. The van der Waals surface area contributed by atoms with Gasteiger partial charge in [0.05, 0.1) is 22.2 Å². The van der Waals surface area contributed by atoms with E-state index in [9.17, 15) is 19.5 Å². The third-order valence-electron chi connectivity index (χ3n) is 6.02. The number of ether oxygens (including phenoxy) is 3. The summed E-state index contributed by atoms with van der Waals surface area (Å²) in [5.41, 5.74) is 7.24. The molecule has 6 rings (SSSR count). The van der Waals surface area contributed by atoms with E-state index < -0.39 is 34.9 Å². The van der Waals surface area contributed by atoms with Crippen LogP contribution < -0.4 is 24.8 Å². The van der Waals surface area contributed by atoms with Crippen LogP contribution in [-0.2, 0) is 14.4 Å². The zero-order valence-corrected chi connectivity index (χ0v) is 17.3. The normalized spacial score (nSPS) is 25.8. The van der Waals surface area contributed by atoms with Gasteiger partial charge in [-0.15, -0.1) is 0 Å². The lowest BCUT2D eigenvalue weighted by Crippen LogP contribution is -2.39. The Morgan fingerprint density at radius 2 is 1.75 bits per heavy atom. The standard InChI is InChI=1S/C22H16N2O7S/c23-19-17-15(11-3-2-10(25)8-13(11)31-22(17)28)16-18(32-19)21(27)24(20(16)26)9-1-4-12-14(7-9)30-6-5-29-12/h1-4,7-8,15-16,18,25H,5-6,23H2/t15-,16+,18-/m1/s1. The number of anilines is 1. The first-order chi connectivity index (χ1) is 15.4. The van der Waals surface area contributed by atoms with Crippen LogP contribution in [0.1, 0.15) is 11.5 Å². The largest absolute Gasteiger partial charge is 0.508 e. The number of phenolic OH excluding ortho intramolecular Hbond substituents is 1. The molecule has 2 aromatic rings. The lowest BCUT2D eigenvalue weighted by molar-refractivity contribution is -0.131. The van der Waals surface area contributed by atoms with Crippen molar-refractivity contribution in [3.05, 3.63) is 52.6 Å². The summed E-state index contributed by atoms with van der Waals surface area (Å²) in [4.78, 5) is 40.8. The number of thioether (sulfide) groups is 1. The summed E-state index contributed by atoms with van der Waals surface area (Å²) in [5, 5.41) is 9.17. The number of esters is 1. The van der Waals surface area contributed by atoms with Crippen molar-refractivity contribution in [3.63, 3.8) is 0 Å². The van der Waals surface area contributed by atoms with E-state index in [0.29, 0.717) is 36.0 Å². The van der Waals surface area contributed by atoms with Gasteiger partial charge in [0, 0.05) is 23.6 Å². The average Bonchev–Trinajstić information content (AvgIpc) is 3.02. The number of hydrogen-bond donors (Lipinski definition) is 2. The molecule has 10 heteroatoms. The minimum Gasteiger partial charge on any atom is -0.508 e. The Hall–Kier alpha value is -3.66. The molecule has 2 aromatic carbocycles. The monoisotopic (exact) mass is 452 g/mol. The first-order valence-corrected chi connectivity index (χ1v) is 10.8. The molecule has 9 nitrogen and oxygen atoms in total. The van der Waals surface area contributed by atoms with Crippen LogP contribution >= 0.6 is 11.8 Å². The number of hydrogen-bond acceptors (Lipinski definition) is 9. The van der Waals surface area contributed by atoms with Gasteiger partial charge in [-0.05, 0) is 18.2 Å². The van der Waals surface area contributed by atoms with Crippen molar-refractivity contribution in [3.8, 4) is 23.0 Å². The zero-order chi connectivity index (χ0) is 22.1. The molecule has 3 atom stereocenters. The highest BCUT2D eigenvalue weighted by molar-refractivity contribution is 8.04. The Morgan fingerprint density at radius 1 is 0.969 bits per heavy atom. The van der Waals surface area contributed by atoms with Gasteiger partial charge in [0.25, 0.3) is 0 Å². The SMILES string of the molecule is NC1=C2C(=O)Oc3cc(O)ccc3[C@@H]2[C@@H]2C(=O)N(c3ccc4c(c3)OCCO4)C(=O)[C@@H]2S1. The van der Waals surface area contributed by atoms with E-state index in [-0.39, 0.29) is 22.1 Å². The molecule has 1 fully saturated rings. The maximum Gasteiger partial charge on any atom is 0.342 e. The molecule has 1 saturated heterocycles. The van der Waals surface area contributed by atoms with Gasteiger partial charge in [0.2, 0.25) is 11.8 Å². The molecule has 162 valence electrons. The fourth-order valence-electron chi connectivity index (χ4n) is 4.67. The predicted molar refractivity (Wildman–Crippen MR) is 112 cm³/mol. The molecule has 3 N–H and O–H groups in total. The highest BCUT2D eigenvalue weighted by Gasteiger charge is 2.58. The zero-order valence-electron chi connectivity index (χ0n) is 16.4. The number of imide groups is 1. The van der Waals surface area contributed by atoms with Crippen molar-refractivity contribution < 1.29 is 33.7 Å². The number of carbonyl (C=O) groups is 3. The molecule has 0 bridgehead atoms. The molecule has 4 aliphatic heterocycles. The van der Waals surface area contributed by atoms with E-state index in [0.717, 1.165) is 16.7 Å². The molecule has 0 aromatic heterocycles. The van der Waals surface area contributed by atoms with Gasteiger partial charge in [-0.2, -0.15) is 0 Å². The number of aromatic hydroxyl groups is 1. The molecule has 0 radical (unpaired) electrons. The van der Waals surface area contributed by atoms with Gasteiger partial charge in [-0.1, -0.05) is 17.8 Å². The third kappa shape index (κ3) is 2.56. The van der Waals surface area contributed by atoms with Gasteiger partial charge in [0.1, 0.15) is 30.0 Å². The summed E-state index contributed by atoms with van der Waals surface area (Å²) in [6.45, 7) is 0.798. The van der Waals surface area contributed by atoms with Crippen LogP contribution in [-0.4, -0.2) is 41.4 Å². The molecule has 0 aliphatic carbocycles. The summed E-state index contributed by atoms with van der Waals surface area (Å²) in [6.07, 6.45) is 0. The number of phenols is 1. The van der Waals surface area contributed by atoms with Gasteiger partial charge >= 0.3 is 5.97 Å². The summed E-state index contributed by atoms with van der Waals surface area (Å²) in [5.74, 6) is -2.06. The number of benzene rings is 2. The van der Waals surface area contributed by atoms with Crippen LogP contribution in [0.3, 0.4) is 0 Å². The van der Waals surface area contributed by atoms with Gasteiger partial charge in [-0.3, -0.25) is 9.59 Å². The van der Waals surface area contributed by atoms with Crippen molar-refractivity contribution in [2.24, 2.45) is 11.7 Å². The highest BCUT2D eigenvalue weighted by atomic mass is 32.2. The Morgan fingerprint density at radius 3 is 2.56 bits per heavy atom. The minimum atomic E-state index is -0.848. The summed E-state index contributed by atoms with van der Waals surface area (Å²) in [6, 6.07) is 9.24. The number of amides is 2. The van der Waals surface area contributed by atoms with Gasteiger partial charge in [-0.25, -0.2) is 9.69 Å². The number of carbonyl (C=O) groups excluding carboxylic acids is 3. The Labute approximate surface area is 185 Å². The quantitative estimate of drug-likeness (QED) is 0.377. The molecule has 4 heterocycles. The fourth-order valence-corrected chi connectivity index (χ4v) is 5.90. The number of nitrogens with two attached hydrogens (primary N) is 1. The van der Waals surface area contributed by atoms with Crippen molar-refractivity contribution in [2.45, 2.75) is 11.2 Å². The summed E-state index contributed by atoms with van der Waals surface area (Å²) >= 11 is 1.00. The van der Waals surface area contributed by atoms with Crippen LogP contribution in [0.25, 0.3) is 0 Å². The van der Waals surface area contributed by atoms with E-state index in [1.165, 1.54) is 12.1 Å². The van der Waals surface area contributed by atoms with Crippen molar-refractivity contribution in [1.29, 1.82) is 0 Å². The van der Waals surface area contributed by atoms with Crippen molar-refractivity contribution >= 4 is 35.2 Å².